The van der Waals surface area contributed by atoms with Crippen molar-refractivity contribution < 1.29 is 19.0 Å². The van der Waals surface area contributed by atoms with E-state index < -0.39 is 6.09 Å². The second-order valence-electron chi connectivity index (χ2n) is 8.74. The van der Waals surface area contributed by atoms with Gasteiger partial charge >= 0.3 is 6.09 Å². The van der Waals surface area contributed by atoms with E-state index >= 15 is 0 Å². The number of aromatic nitrogens is 2. The second kappa shape index (κ2) is 13.2. The van der Waals surface area contributed by atoms with Crippen LogP contribution in [0.5, 0.6) is 17.4 Å². The lowest BCUT2D eigenvalue weighted by Gasteiger charge is -2.17. The van der Waals surface area contributed by atoms with Crippen LogP contribution in [0.4, 0.5) is 10.5 Å². The number of benzene rings is 3. The van der Waals surface area contributed by atoms with Crippen molar-refractivity contribution in [1.82, 2.24) is 14.7 Å². The van der Waals surface area contributed by atoms with E-state index in [1.165, 1.54) is 0 Å². The first-order valence-electron chi connectivity index (χ1n) is 12.7. The lowest BCUT2D eigenvalue weighted by molar-refractivity contribution is 0.215. The number of nitrogens with one attached hydrogen (secondary N) is 1. The highest BCUT2D eigenvalue weighted by Gasteiger charge is 2.15. The topological polar surface area (TPSA) is 77.9 Å². The Morgan fingerprint density at radius 2 is 1.71 bits per heavy atom. The molecule has 0 aliphatic heterocycles. The van der Waals surface area contributed by atoms with Gasteiger partial charge in [-0.2, -0.15) is 0 Å². The molecule has 38 heavy (non-hydrogen) atoms. The first-order valence-corrected chi connectivity index (χ1v) is 13.1. The van der Waals surface area contributed by atoms with Gasteiger partial charge in [0.15, 0.2) is 0 Å². The Morgan fingerprint density at radius 3 is 2.39 bits per heavy atom. The lowest BCUT2D eigenvalue weighted by Crippen LogP contribution is -2.25. The SMILES string of the molecule is CCN(CC)CCCOc1nn(Cc2ccc(Cl)cc2)c2ccc(NC(=O)Oc3ccc(OC)cc3)cc12. The molecule has 0 fully saturated rings. The summed E-state index contributed by atoms with van der Waals surface area (Å²) in [5.74, 6) is 1.63. The molecule has 0 atom stereocenters. The minimum Gasteiger partial charge on any atom is -0.497 e. The number of hydrogen-bond donors (Lipinski definition) is 1. The highest BCUT2D eigenvalue weighted by Crippen LogP contribution is 2.29. The molecule has 0 spiro atoms. The third kappa shape index (κ3) is 7.18. The minimum absolute atomic E-state index is 0.414. The standard InChI is InChI=1S/C29H33ClN4O4/c1-4-33(5-2)17-6-18-37-28-26-19-23(31-29(35)38-25-14-12-24(36-3)13-15-25)11-16-27(26)34(32-28)20-21-7-9-22(30)10-8-21/h7-16,19H,4-6,17-18,20H2,1-3H3,(H,31,35). The minimum atomic E-state index is -0.593. The number of nitrogens with zero attached hydrogens (tertiary/aromatic N) is 3. The van der Waals surface area contributed by atoms with Gasteiger partial charge in [-0.3, -0.25) is 10.00 Å². The van der Waals surface area contributed by atoms with Crippen LogP contribution in [-0.2, 0) is 6.54 Å². The molecule has 0 aliphatic carbocycles. The lowest BCUT2D eigenvalue weighted by atomic mass is 10.2. The number of halogens is 1. The first-order chi connectivity index (χ1) is 18.5. The number of carbonyl (C=O) groups is 1. The summed E-state index contributed by atoms with van der Waals surface area (Å²) in [6.07, 6.45) is 0.295. The number of ether oxygens (including phenoxy) is 3. The van der Waals surface area contributed by atoms with E-state index in [2.05, 4.69) is 24.1 Å². The van der Waals surface area contributed by atoms with Crippen molar-refractivity contribution in [3.8, 4) is 17.4 Å². The molecular weight excluding hydrogens is 504 g/mol. The van der Waals surface area contributed by atoms with E-state index in [0.29, 0.717) is 41.2 Å². The van der Waals surface area contributed by atoms with Crippen molar-refractivity contribution in [1.29, 1.82) is 0 Å². The molecule has 4 rings (SSSR count). The maximum absolute atomic E-state index is 12.5. The van der Waals surface area contributed by atoms with Gasteiger partial charge in [-0.05, 0) is 79.7 Å². The van der Waals surface area contributed by atoms with Crippen LogP contribution in [0, 0.1) is 0 Å². The summed E-state index contributed by atoms with van der Waals surface area (Å²) < 4.78 is 18.6. The summed E-state index contributed by atoms with van der Waals surface area (Å²) in [7, 11) is 1.58. The summed E-state index contributed by atoms with van der Waals surface area (Å²) >= 11 is 6.06. The zero-order chi connectivity index (χ0) is 26.9. The van der Waals surface area contributed by atoms with Gasteiger partial charge in [0.25, 0.3) is 0 Å². The molecule has 0 saturated heterocycles. The quantitative estimate of drug-likeness (QED) is 0.209. The normalized spacial score (nSPS) is 11.1. The summed E-state index contributed by atoms with van der Waals surface area (Å²) in [5.41, 5.74) is 2.54. The summed E-state index contributed by atoms with van der Waals surface area (Å²) in [6.45, 7) is 8.40. The molecule has 8 nitrogen and oxygen atoms in total. The predicted molar refractivity (Wildman–Crippen MR) is 151 cm³/mol. The first kappa shape index (κ1) is 27.3. The van der Waals surface area contributed by atoms with Gasteiger partial charge in [0.1, 0.15) is 11.5 Å². The molecule has 0 unspecified atom stereocenters. The van der Waals surface area contributed by atoms with Crippen LogP contribution in [0.1, 0.15) is 25.8 Å². The van der Waals surface area contributed by atoms with E-state index in [9.17, 15) is 4.79 Å². The van der Waals surface area contributed by atoms with Crippen LogP contribution in [0.2, 0.25) is 5.02 Å². The zero-order valence-corrected chi connectivity index (χ0v) is 22.7. The van der Waals surface area contributed by atoms with E-state index in [4.69, 9.17) is 30.9 Å². The van der Waals surface area contributed by atoms with Crippen molar-refractivity contribution in [3.63, 3.8) is 0 Å². The molecule has 1 amide bonds. The molecule has 1 N–H and O–H groups in total. The summed E-state index contributed by atoms with van der Waals surface area (Å²) in [6, 6.07) is 20.1. The predicted octanol–water partition coefficient (Wildman–Crippen LogP) is 6.47. The van der Waals surface area contributed by atoms with Gasteiger partial charge in [-0.25, -0.2) is 4.79 Å². The molecular formula is C29H33ClN4O4. The molecule has 0 bridgehead atoms. The van der Waals surface area contributed by atoms with E-state index in [0.717, 1.165) is 42.5 Å². The van der Waals surface area contributed by atoms with E-state index in [-0.39, 0.29) is 0 Å². The highest BCUT2D eigenvalue weighted by atomic mass is 35.5. The smallest absolute Gasteiger partial charge is 0.417 e. The Labute approximate surface area is 228 Å². The van der Waals surface area contributed by atoms with Gasteiger partial charge in [-0.15, -0.1) is 5.10 Å². The summed E-state index contributed by atoms with van der Waals surface area (Å²) in [4.78, 5) is 14.9. The zero-order valence-electron chi connectivity index (χ0n) is 21.9. The van der Waals surface area contributed by atoms with Gasteiger partial charge in [-0.1, -0.05) is 37.6 Å². The second-order valence-corrected chi connectivity index (χ2v) is 9.18. The molecule has 200 valence electrons. The fourth-order valence-electron chi connectivity index (χ4n) is 4.11. The molecule has 0 radical (unpaired) electrons. The van der Waals surface area contributed by atoms with Crippen molar-refractivity contribution in [2.45, 2.75) is 26.8 Å². The van der Waals surface area contributed by atoms with Crippen LogP contribution < -0.4 is 19.5 Å². The molecule has 1 aromatic heterocycles. The largest absolute Gasteiger partial charge is 0.497 e. The average Bonchev–Trinajstić information content (AvgIpc) is 3.26. The summed E-state index contributed by atoms with van der Waals surface area (Å²) in [5, 5.41) is 9.05. The number of amides is 1. The van der Waals surface area contributed by atoms with Crippen LogP contribution in [0.3, 0.4) is 0 Å². The van der Waals surface area contributed by atoms with E-state index in [1.54, 1.807) is 31.4 Å². The molecule has 0 saturated carbocycles. The maximum Gasteiger partial charge on any atom is 0.417 e. The van der Waals surface area contributed by atoms with Gasteiger partial charge in [0.05, 0.1) is 31.2 Å². The number of carbonyl (C=O) groups excluding carboxylic acids is 1. The maximum atomic E-state index is 12.5. The molecule has 9 heteroatoms. The fraction of sp³-hybridized carbons (Fsp3) is 0.310. The molecule has 4 aromatic rings. The van der Waals surface area contributed by atoms with Gasteiger partial charge in [0, 0.05) is 17.3 Å². The molecule has 0 aliphatic rings. The van der Waals surface area contributed by atoms with Crippen molar-refractivity contribution in [2.75, 3.05) is 38.7 Å². The van der Waals surface area contributed by atoms with Crippen molar-refractivity contribution in [2.24, 2.45) is 0 Å². The monoisotopic (exact) mass is 536 g/mol. The number of rotatable bonds is 12. The number of anilines is 1. The van der Waals surface area contributed by atoms with Crippen molar-refractivity contribution >= 4 is 34.3 Å². The number of fused-ring (bicyclic) bond motifs is 1. The Balaban J connectivity index is 1.52. The van der Waals surface area contributed by atoms with Crippen LogP contribution in [0.25, 0.3) is 10.9 Å². The van der Waals surface area contributed by atoms with Crippen LogP contribution >= 0.6 is 11.6 Å². The third-order valence-electron chi connectivity index (χ3n) is 6.23. The molecule has 3 aromatic carbocycles. The van der Waals surface area contributed by atoms with Crippen molar-refractivity contribution in [3.05, 3.63) is 77.3 Å². The van der Waals surface area contributed by atoms with Gasteiger partial charge < -0.3 is 19.1 Å². The Hall–Kier alpha value is -3.75. The van der Waals surface area contributed by atoms with Crippen LogP contribution in [0.15, 0.2) is 66.7 Å². The Kier molecular flexibility index (Phi) is 9.46. The molecule has 1 heterocycles. The Bertz CT molecular complexity index is 1340. The average molecular weight is 537 g/mol. The third-order valence-corrected chi connectivity index (χ3v) is 6.48. The Morgan fingerprint density at radius 1 is 1.00 bits per heavy atom. The highest BCUT2D eigenvalue weighted by molar-refractivity contribution is 6.30. The number of hydrogen-bond acceptors (Lipinski definition) is 6. The fourth-order valence-corrected chi connectivity index (χ4v) is 4.23. The van der Waals surface area contributed by atoms with Gasteiger partial charge in [0.2, 0.25) is 5.88 Å². The van der Waals surface area contributed by atoms with Crippen LogP contribution in [-0.4, -0.2) is 54.1 Å². The van der Waals surface area contributed by atoms with E-state index in [1.807, 2.05) is 47.1 Å². The number of methoxy groups -OCH3 is 1.